The van der Waals surface area contributed by atoms with Crippen LogP contribution in [0, 0.1) is 5.95 Å². The zero-order valence-electron chi connectivity index (χ0n) is 17.0. The number of nitrogens with one attached hydrogen (secondary N) is 1. The molecule has 2 saturated carbocycles. The molecule has 1 N–H and O–H groups in total. The fourth-order valence-electron chi connectivity index (χ4n) is 3.81. The molecular formula is C22H22F7N3. The highest BCUT2D eigenvalue weighted by Crippen LogP contribution is 2.39. The molecule has 2 aliphatic carbocycles. The van der Waals surface area contributed by atoms with E-state index in [9.17, 15) is 30.7 Å². The minimum Gasteiger partial charge on any atom is -0.309 e. The highest BCUT2D eigenvalue weighted by molar-refractivity contribution is 5.33. The van der Waals surface area contributed by atoms with Crippen molar-refractivity contribution in [3.05, 3.63) is 64.2 Å². The zero-order chi connectivity index (χ0) is 23.1. The van der Waals surface area contributed by atoms with Gasteiger partial charge in [-0.2, -0.15) is 30.7 Å². The summed E-state index contributed by atoms with van der Waals surface area (Å²) in [6.45, 7) is 0.411. The second-order valence-corrected chi connectivity index (χ2v) is 8.39. The summed E-state index contributed by atoms with van der Waals surface area (Å²) < 4.78 is 92.0. The van der Waals surface area contributed by atoms with Crippen molar-refractivity contribution >= 4 is 0 Å². The van der Waals surface area contributed by atoms with Gasteiger partial charge in [0.15, 0.2) is 0 Å². The standard InChI is InChI=1S/C22H22F7N3/c23-20-6-1-14(19(31-20)12-32(17-2-3-17)18-4-5-18)11-30-10-13-7-15(21(24,25)26)9-16(8-13)22(27,28)29/h1,6-9,17-18,30H,2-5,10-12H2. The van der Waals surface area contributed by atoms with E-state index < -0.39 is 29.4 Å². The maximum absolute atomic E-state index is 13.8. The second kappa shape index (κ2) is 8.62. The van der Waals surface area contributed by atoms with Gasteiger partial charge in [-0.15, -0.1) is 0 Å². The summed E-state index contributed by atoms with van der Waals surface area (Å²) in [5.74, 6) is -0.622. The molecule has 4 rings (SSSR count). The summed E-state index contributed by atoms with van der Waals surface area (Å²) in [6.07, 6.45) is -5.40. The first-order valence-electron chi connectivity index (χ1n) is 10.4. The molecule has 1 aromatic heterocycles. The molecule has 2 aliphatic rings. The topological polar surface area (TPSA) is 28.2 Å². The van der Waals surface area contributed by atoms with Gasteiger partial charge in [0.2, 0.25) is 5.95 Å². The fraction of sp³-hybridized carbons (Fsp3) is 0.500. The lowest BCUT2D eigenvalue weighted by Gasteiger charge is -2.22. The molecule has 0 saturated heterocycles. The van der Waals surface area contributed by atoms with E-state index in [1.54, 1.807) is 6.07 Å². The molecular weight excluding hydrogens is 439 g/mol. The summed E-state index contributed by atoms with van der Waals surface area (Å²) in [4.78, 5) is 6.32. The Hall–Kier alpha value is -2.20. The van der Waals surface area contributed by atoms with Crippen LogP contribution in [0.1, 0.15) is 53.6 Å². The average molecular weight is 461 g/mol. The molecule has 32 heavy (non-hydrogen) atoms. The first-order valence-corrected chi connectivity index (χ1v) is 10.4. The maximum atomic E-state index is 13.8. The van der Waals surface area contributed by atoms with E-state index >= 15 is 0 Å². The van der Waals surface area contributed by atoms with E-state index in [1.165, 1.54) is 6.07 Å². The molecule has 0 spiro atoms. The molecule has 1 aromatic carbocycles. The highest BCUT2D eigenvalue weighted by Gasteiger charge is 2.39. The Bertz CT molecular complexity index is 919. The van der Waals surface area contributed by atoms with Crippen LogP contribution in [0.5, 0.6) is 0 Å². The van der Waals surface area contributed by atoms with Gasteiger partial charge in [-0.25, -0.2) is 4.98 Å². The van der Waals surface area contributed by atoms with E-state index in [0.717, 1.165) is 25.7 Å². The van der Waals surface area contributed by atoms with Gasteiger partial charge >= 0.3 is 12.4 Å². The van der Waals surface area contributed by atoms with E-state index in [2.05, 4.69) is 15.2 Å². The lowest BCUT2D eigenvalue weighted by molar-refractivity contribution is -0.143. The fourth-order valence-corrected chi connectivity index (χ4v) is 3.81. The van der Waals surface area contributed by atoms with Crippen LogP contribution in [-0.2, 0) is 32.0 Å². The molecule has 0 radical (unpaired) electrons. The third-order valence-corrected chi connectivity index (χ3v) is 5.69. The van der Waals surface area contributed by atoms with Crippen LogP contribution in [0.2, 0.25) is 0 Å². The molecule has 0 unspecified atom stereocenters. The zero-order valence-corrected chi connectivity index (χ0v) is 17.0. The summed E-state index contributed by atoms with van der Waals surface area (Å²) in [5, 5.41) is 2.88. The van der Waals surface area contributed by atoms with Gasteiger partial charge in [-0.05, 0) is 61.1 Å². The molecule has 0 atom stereocenters. The highest BCUT2D eigenvalue weighted by atomic mass is 19.4. The SMILES string of the molecule is Fc1ccc(CNCc2cc(C(F)(F)F)cc(C(F)(F)F)c2)c(CN(C2CC2)C2CC2)n1. The quantitative estimate of drug-likeness (QED) is 0.405. The Balaban J connectivity index is 1.47. The van der Waals surface area contributed by atoms with Gasteiger partial charge in [0.05, 0.1) is 16.8 Å². The molecule has 2 fully saturated rings. The number of hydrogen-bond donors (Lipinski definition) is 1. The number of aromatic nitrogens is 1. The number of halogens is 7. The van der Waals surface area contributed by atoms with Crippen molar-refractivity contribution < 1.29 is 30.7 Å². The van der Waals surface area contributed by atoms with Gasteiger partial charge in [-0.1, -0.05) is 6.07 Å². The first kappa shape index (κ1) is 23.0. The monoisotopic (exact) mass is 461 g/mol. The third kappa shape index (κ3) is 5.78. The van der Waals surface area contributed by atoms with Crippen LogP contribution < -0.4 is 5.32 Å². The summed E-state index contributed by atoms with van der Waals surface area (Å²) in [7, 11) is 0. The van der Waals surface area contributed by atoms with Gasteiger partial charge in [0.25, 0.3) is 0 Å². The van der Waals surface area contributed by atoms with Gasteiger partial charge < -0.3 is 5.32 Å². The lowest BCUT2D eigenvalue weighted by Crippen LogP contribution is -2.29. The number of benzene rings is 1. The van der Waals surface area contributed by atoms with Crippen LogP contribution in [-0.4, -0.2) is 22.0 Å². The van der Waals surface area contributed by atoms with E-state index in [1.807, 2.05) is 0 Å². The van der Waals surface area contributed by atoms with Crippen molar-refractivity contribution in [1.29, 1.82) is 0 Å². The molecule has 3 nitrogen and oxygen atoms in total. The summed E-state index contributed by atoms with van der Waals surface area (Å²) in [6, 6.07) is 5.21. The predicted molar refractivity (Wildman–Crippen MR) is 103 cm³/mol. The molecule has 174 valence electrons. The minimum atomic E-state index is -4.89. The van der Waals surface area contributed by atoms with E-state index in [4.69, 9.17) is 0 Å². The molecule has 0 aliphatic heterocycles. The largest absolute Gasteiger partial charge is 0.416 e. The molecule has 10 heteroatoms. The van der Waals surface area contributed by atoms with Gasteiger partial charge in [0.1, 0.15) is 0 Å². The van der Waals surface area contributed by atoms with Crippen LogP contribution in [0.25, 0.3) is 0 Å². The normalized spacial score (nSPS) is 17.2. The summed E-state index contributed by atoms with van der Waals surface area (Å²) in [5.41, 5.74) is -1.63. The van der Waals surface area contributed by atoms with Crippen molar-refractivity contribution in [3.8, 4) is 0 Å². The molecule has 2 aromatic rings. The lowest BCUT2D eigenvalue weighted by atomic mass is 10.0. The minimum absolute atomic E-state index is 0.107. The van der Waals surface area contributed by atoms with Crippen LogP contribution in [0.3, 0.4) is 0 Å². The number of rotatable bonds is 8. The Morgan fingerprint density at radius 1 is 0.844 bits per heavy atom. The Kier molecular flexibility index (Phi) is 6.19. The number of alkyl halides is 6. The van der Waals surface area contributed by atoms with Crippen molar-refractivity contribution in [1.82, 2.24) is 15.2 Å². The van der Waals surface area contributed by atoms with Gasteiger partial charge in [-0.3, -0.25) is 4.90 Å². The molecule has 0 amide bonds. The Morgan fingerprint density at radius 2 is 1.41 bits per heavy atom. The Morgan fingerprint density at radius 3 is 1.91 bits per heavy atom. The van der Waals surface area contributed by atoms with Crippen LogP contribution in [0.4, 0.5) is 30.7 Å². The van der Waals surface area contributed by atoms with Crippen LogP contribution in [0.15, 0.2) is 30.3 Å². The van der Waals surface area contributed by atoms with Crippen molar-refractivity contribution in [2.24, 2.45) is 0 Å². The maximum Gasteiger partial charge on any atom is 0.416 e. The molecule has 0 bridgehead atoms. The Labute approximate surface area is 180 Å². The summed E-state index contributed by atoms with van der Waals surface area (Å²) >= 11 is 0. The number of pyridine rings is 1. The average Bonchev–Trinajstić information content (AvgIpc) is 3.60. The number of nitrogens with zero attached hydrogens (tertiary/aromatic N) is 2. The predicted octanol–water partition coefficient (Wildman–Crippen LogP) is 5.67. The third-order valence-electron chi connectivity index (χ3n) is 5.69. The smallest absolute Gasteiger partial charge is 0.309 e. The van der Waals surface area contributed by atoms with Gasteiger partial charge in [0, 0.05) is 31.7 Å². The van der Waals surface area contributed by atoms with Crippen LogP contribution >= 0.6 is 0 Å². The van der Waals surface area contributed by atoms with Crippen molar-refractivity contribution in [3.63, 3.8) is 0 Å². The molecule has 1 heterocycles. The second-order valence-electron chi connectivity index (χ2n) is 8.39. The van der Waals surface area contributed by atoms with E-state index in [-0.39, 0.29) is 24.7 Å². The van der Waals surface area contributed by atoms with Crippen molar-refractivity contribution in [2.45, 2.75) is 69.8 Å². The number of hydrogen-bond acceptors (Lipinski definition) is 3. The first-order chi connectivity index (χ1) is 15.0. The van der Waals surface area contributed by atoms with Crippen molar-refractivity contribution in [2.75, 3.05) is 0 Å². The van der Waals surface area contributed by atoms with E-state index in [0.29, 0.717) is 42.0 Å².